The molecule has 1 aromatic carbocycles. The van der Waals surface area contributed by atoms with Gasteiger partial charge in [0, 0.05) is 36.2 Å². The fourth-order valence-electron chi connectivity index (χ4n) is 2.04. The van der Waals surface area contributed by atoms with Gasteiger partial charge >= 0.3 is 0 Å². The van der Waals surface area contributed by atoms with Crippen LogP contribution in [0, 0.1) is 5.82 Å². The number of phenols is 1. The van der Waals surface area contributed by atoms with Crippen molar-refractivity contribution in [3.05, 3.63) is 29.6 Å². The van der Waals surface area contributed by atoms with Gasteiger partial charge in [-0.1, -0.05) is 0 Å². The Morgan fingerprint density at radius 1 is 1.55 bits per heavy atom. The normalized spacial score (nSPS) is 18.6. The first-order valence-electron chi connectivity index (χ1n) is 6.47. The lowest BCUT2D eigenvalue weighted by Crippen LogP contribution is -2.30. The van der Waals surface area contributed by atoms with Crippen LogP contribution in [0.5, 0.6) is 5.75 Å². The third-order valence-corrected chi connectivity index (χ3v) is 4.84. The van der Waals surface area contributed by atoms with Crippen molar-refractivity contribution in [1.29, 1.82) is 0 Å². The molecule has 0 fully saturated rings. The molecule has 20 heavy (non-hydrogen) atoms. The predicted molar refractivity (Wildman–Crippen MR) is 86.7 cm³/mol. The van der Waals surface area contributed by atoms with Gasteiger partial charge in [0.05, 0.1) is 6.04 Å². The molecule has 0 saturated heterocycles. The third kappa shape index (κ3) is 4.14. The molecule has 0 saturated carbocycles. The number of phenolic OH excluding ortho intramolecular Hbond substituents is 1. The molecule has 6 heteroatoms. The van der Waals surface area contributed by atoms with Crippen LogP contribution in [0.15, 0.2) is 23.2 Å². The highest BCUT2D eigenvalue weighted by Crippen LogP contribution is 2.29. The van der Waals surface area contributed by atoms with Crippen LogP contribution >= 0.6 is 23.5 Å². The van der Waals surface area contributed by atoms with Crippen molar-refractivity contribution in [2.24, 2.45) is 4.99 Å². The zero-order chi connectivity index (χ0) is 14.5. The molecule has 3 nitrogen and oxygen atoms in total. The molecule has 0 amide bonds. The number of halogens is 1. The minimum Gasteiger partial charge on any atom is -0.507 e. The highest BCUT2D eigenvalue weighted by atomic mass is 32.2. The summed E-state index contributed by atoms with van der Waals surface area (Å²) in [5.41, 5.74) is 0.630. The van der Waals surface area contributed by atoms with E-state index in [2.05, 4.69) is 23.2 Å². The van der Waals surface area contributed by atoms with Gasteiger partial charge in [0.2, 0.25) is 0 Å². The quantitative estimate of drug-likeness (QED) is 0.876. The molecule has 1 N–H and O–H groups in total. The van der Waals surface area contributed by atoms with E-state index < -0.39 is 5.82 Å². The van der Waals surface area contributed by atoms with Crippen molar-refractivity contribution in [2.75, 3.05) is 37.9 Å². The SMILES string of the molecule is CSCCN(C)C[C@@H]1CSC(c2ccc(F)cc2O)=N1. The Labute approximate surface area is 127 Å². The average Bonchev–Trinajstić information content (AvgIpc) is 2.84. The summed E-state index contributed by atoms with van der Waals surface area (Å²) in [5.74, 6) is 1.57. The Morgan fingerprint density at radius 2 is 2.35 bits per heavy atom. The molecule has 1 atom stereocenters. The van der Waals surface area contributed by atoms with E-state index in [1.807, 2.05) is 11.8 Å². The Kier molecular flexibility index (Phi) is 5.74. The topological polar surface area (TPSA) is 35.8 Å². The van der Waals surface area contributed by atoms with E-state index in [1.54, 1.807) is 17.8 Å². The van der Waals surface area contributed by atoms with E-state index >= 15 is 0 Å². The molecule has 1 aliphatic rings. The minimum atomic E-state index is -0.428. The maximum Gasteiger partial charge on any atom is 0.128 e. The summed E-state index contributed by atoms with van der Waals surface area (Å²) >= 11 is 3.46. The van der Waals surface area contributed by atoms with Gasteiger partial charge in [0.1, 0.15) is 16.6 Å². The number of likely N-dealkylation sites (N-methyl/N-ethyl adjacent to an activating group) is 1. The smallest absolute Gasteiger partial charge is 0.128 e. The van der Waals surface area contributed by atoms with E-state index in [-0.39, 0.29) is 11.8 Å². The zero-order valence-electron chi connectivity index (χ0n) is 11.7. The van der Waals surface area contributed by atoms with Crippen LogP contribution < -0.4 is 0 Å². The highest BCUT2D eigenvalue weighted by Gasteiger charge is 2.22. The van der Waals surface area contributed by atoms with Gasteiger partial charge in [0.25, 0.3) is 0 Å². The lowest BCUT2D eigenvalue weighted by atomic mass is 10.2. The summed E-state index contributed by atoms with van der Waals surface area (Å²) in [6.07, 6.45) is 2.10. The van der Waals surface area contributed by atoms with Crippen LogP contribution in [0.25, 0.3) is 0 Å². The molecule has 110 valence electrons. The van der Waals surface area contributed by atoms with Crippen LogP contribution in [0.3, 0.4) is 0 Å². The van der Waals surface area contributed by atoms with Crippen molar-refractivity contribution in [3.63, 3.8) is 0 Å². The highest BCUT2D eigenvalue weighted by molar-refractivity contribution is 8.14. The van der Waals surface area contributed by atoms with Crippen LogP contribution in [-0.4, -0.2) is 59.0 Å². The third-order valence-electron chi connectivity index (χ3n) is 3.10. The lowest BCUT2D eigenvalue weighted by molar-refractivity contribution is 0.340. The van der Waals surface area contributed by atoms with Gasteiger partial charge in [0.15, 0.2) is 0 Å². The van der Waals surface area contributed by atoms with Crippen molar-refractivity contribution < 1.29 is 9.50 Å². The summed E-state index contributed by atoms with van der Waals surface area (Å²) in [4.78, 5) is 6.92. The number of aromatic hydroxyl groups is 1. The fourth-order valence-corrected chi connectivity index (χ4v) is 3.62. The first kappa shape index (κ1) is 15.7. The molecular weight excluding hydrogens is 295 g/mol. The van der Waals surface area contributed by atoms with Crippen molar-refractivity contribution in [2.45, 2.75) is 6.04 Å². The van der Waals surface area contributed by atoms with Gasteiger partial charge in [-0.3, -0.25) is 4.99 Å². The second-order valence-electron chi connectivity index (χ2n) is 4.82. The predicted octanol–water partition coefficient (Wildman–Crippen LogP) is 2.69. The molecular formula is C14H19FN2OS2. The molecule has 1 aliphatic heterocycles. The minimum absolute atomic E-state index is 0.0346. The lowest BCUT2D eigenvalue weighted by Gasteiger charge is -2.18. The van der Waals surface area contributed by atoms with Crippen LogP contribution in [0.2, 0.25) is 0 Å². The Morgan fingerprint density at radius 3 is 3.05 bits per heavy atom. The van der Waals surface area contributed by atoms with Gasteiger partial charge in [-0.05, 0) is 25.4 Å². The fraction of sp³-hybridized carbons (Fsp3) is 0.500. The summed E-state index contributed by atoms with van der Waals surface area (Å²) in [6, 6.07) is 4.33. The number of thioether (sulfide) groups is 2. The molecule has 2 rings (SSSR count). The Balaban J connectivity index is 1.99. The summed E-state index contributed by atoms with van der Waals surface area (Å²) in [7, 11) is 2.10. The number of aliphatic imine (C=N–C) groups is 1. The molecule has 0 unspecified atom stereocenters. The Hall–Kier alpha value is -0.720. The van der Waals surface area contributed by atoms with Crippen LogP contribution in [0.4, 0.5) is 4.39 Å². The average molecular weight is 314 g/mol. The number of nitrogens with zero attached hydrogens (tertiary/aromatic N) is 2. The monoisotopic (exact) mass is 314 g/mol. The van der Waals surface area contributed by atoms with Crippen LogP contribution in [0.1, 0.15) is 5.56 Å². The molecule has 0 aliphatic carbocycles. The van der Waals surface area contributed by atoms with Crippen molar-refractivity contribution in [1.82, 2.24) is 4.90 Å². The summed E-state index contributed by atoms with van der Waals surface area (Å²) < 4.78 is 13.0. The van der Waals surface area contributed by atoms with E-state index in [4.69, 9.17) is 0 Å². The molecule has 1 aromatic rings. The first-order chi connectivity index (χ1) is 9.60. The van der Waals surface area contributed by atoms with Crippen molar-refractivity contribution in [3.8, 4) is 5.75 Å². The van der Waals surface area contributed by atoms with Crippen LogP contribution in [-0.2, 0) is 0 Å². The summed E-state index contributed by atoms with van der Waals surface area (Å²) in [5, 5.41) is 10.6. The van der Waals surface area contributed by atoms with Gasteiger partial charge in [-0.15, -0.1) is 11.8 Å². The van der Waals surface area contributed by atoms with Gasteiger partial charge in [-0.25, -0.2) is 4.39 Å². The second-order valence-corrected chi connectivity index (χ2v) is 6.81. The van der Waals surface area contributed by atoms with E-state index in [0.29, 0.717) is 5.56 Å². The van der Waals surface area contributed by atoms with E-state index in [0.717, 1.165) is 35.7 Å². The number of hydrogen-bond acceptors (Lipinski definition) is 5. The molecule has 0 bridgehead atoms. The maximum absolute atomic E-state index is 13.0. The Bertz CT molecular complexity index is 496. The maximum atomic E-state index is 13.0. The largest absolute Gasteiger partial charge is 0.507 e. The summed E-state index contributed by atoms with van der Waals surface area (Å²) in [6.45, 7) is 1.97. The second kappa shape index (κ2) is 7.33. The molecule has 0 spiro atoms. The number of hydrogen-bond donors (Lipinski definition) is 1. The number of rotatable bonds is 6. The molecule has 1 heterocycles. The first-order valence-corrected chi connectivity index (χ1v) is 8.85. The van der Waals surface area contributed by atoms with Gasteiger partial charge in [-0.2, -0.15) is 11.8 Å². The number of benzene rings is 1. The standard InChI is InChI=1S/C14H19FN2OS2/c1-17(5-6-19-2)8-11-9-20-14(16-11)12-4-3-10(15)7-13(12)18/h3-4,7,11,18H,5-6,8-9H2,1-2H3/t11-/m1/s1. The zero-order valence-corrected chi connectivity index (χ0v) is 13.3. The molecule has 0 aromatic heterocycles. The molecule has 0 radical (unpaired) electrons. The van der Waals surface area contributed by atoms with Crippen molar-refractivity contribution >= 4 is 28.6 Å². The van der Waals surface area contributed by atoms with Gasteiger partial charge < -0.3 is 10.0 Å². The van der Waals surface area contributed by atoms with E-state index in [9.17, 15) is 9.50 Å². The van der Waals surface area contributed by atoms with E-state index in [1.165, 1.54) is 6.07 Å².